The number of carbonyl (C=O) groups excluding carboxylic acids is 1. The minimum absolute atomic E-state index is 0.0834. The van der Waals surface area contributed by atoms with Gasteiger partial charge >= 0.3 is 0 Å². The highest BCUT2D eigenvalue weighted by Crippen LogP contribution is 2.16. The van der Waals surface area contributed by atoms with Gasteiger partial charge in [-0.25, -0.2) is 4.98 Å². The number of nitrogens with zero attached hydrogens (tertiary/aromatic N) is 3. The van der Waals surface area contributed by atoms with E-state index in [9.17, 15) is 4.79 Å². The van der Waals surface area contributed by atoms with Crippen LogP contribution in [0.1, 0.15) is 40.2 Å². The standard InChI is InChI=1S/C17H23N3O2S/c1-3-16-18-14(12-23-16)11-19-6-4-7-20(9-8-19)17(21)15-5-10-22-13(15)2/h5,10,12H,3-4,6-9,11H2,1-2H3. The first kappa shape index (κ1) is 16.2. The highest BCUT2D eigenvalue weighted by Gasteiger charge is 2.22. The van der Waals surface area contributed by atoms with E-state index in [1.165, 1.54) is 5.01 Å². The van der Waals surface area contributed by atoms with Crippen molar-refractivity contribution < 1.29 is 9.21 Å². The number of carbonyl (C=O) groups is 1. The monoisotopic (exact) mass is 333 g/mol. The van der Waals surface area contributed by atoms with Crippen LogP contribution >= 0.6 is 11.3 Å². The zero-order valence-corrected chi connectivity index (χ0v) is 14.6. The summed E-state index contributed by atoms with van der Waals surface area (Å²) in [6, 6.07) is 1.77. The number of aromatic nitrogens is 1. The summed E-state index contributed by atoms with van der Waals surface area (Å²) in [4.78, 5) is 21.6. The van der Waals surface area contributed by atoms with Gasteiger partial charge in [0.25, 0.3) is 5.91 Å². The largest absolute Gasteiger partial charge is 0.469 e. The van der Waals surface area contributed by atoms with E-state index in [2.05, 4.69) is 22.2 Å². The predicted molar refractivity (Wildman–Crippen MR) is 90.7 cm³/mol. The van der Waals surface area contributed by atoms with E-state index in [4.69, 9.17) is 4.42 Å². The predicted octanol–water partition coefficient (Wildman–Crippen LogP) is 2.96. The second-order valence-electron chi connectivity index (χ2n) is 5.90. The summed E-state index contributed by atoms with van der Waals surface area (Å²) in [5.41, 5.74) is 1.84. The lowest BCUT2D eigenvalue weighted by atomic mass is 10.2. The Labute approximate surface area is 140 Å². The molecule has 0 bridgehead atoms. The first-order valence-corrected chi connectivity index (χ1v) is 9.04. The van der Waals surface area contributed by atoms with Gasteiger partial charge < -0.3 is 9.32 Å². The molecule has 1 fully saturated rings. The molecule has 0 aliphatic carbocycles. The third-order valence-electron chi connectivity index (χ3n) is 4.25. The van der Waals surface area contributed by atoms with E-state index < -0.39 is 0 Å². The summed E-state index contributed by atoms with van der Waals surface area (Å²) in [6.45, 7) is 8.31. The van der Waals surface area contributed by atoms with Crippen LogP contribution in [-0.4, -0.2) is 46.9 Å². The molecule has 2 aromatic heterocycles. The minimum Gasteiger partial charge on any atom is -0.469 e. The third kappa shape index (κ3) is 3.82. The van der Waals surface area contributed by atoms with E-state index in [-0.39, 0.29) is 5.91 Å². The van der Waals surface area contributed by atoms with E-state index in [1.54, 1.807) is 23.7 Å². The minimum atomic E-state index is 0.0834. The zero-order chi connectivity index (χ0) is 16.2. The normalized spacial score (nSPS) is 16.5. The van der Waals surface area contributed by atoms with Crippen molar-refractivity contribution in [3.8, 4) is 0 Å². The number of hydrogen-bond acceptors (Lipinski definition) is 5. The van der Waals surface area contributed by atoms with Crippen molar-refractivity contribution in [2.24, 2.45) is 0 Å². The lowest BCUT2D eigenvalue weighted by Crippen LogP contribution is -2.35. The first-order chi connectivity index (χ1) is 11.2. The van der Waals surface area contributed by atoms with Gasteiger partial charge in [-0.1, -0.05) is 6.92 Å². The topological polar surface area (TPSA) is 49.6 Å². The molecule has 1 amide bonds. The van der Waals surface area contributed by atoms with Crippen LogP contribution in [0.25, 0.3) is 0 Å². The van der Waals surface area contributed by atoms with Gasteiger partial charge in [0, 0.05) is 38.1 Å². The van der Waals surface area contributed by atoms with Crippen LogP contribution in [0.2, 0.25) is 0 Å². The summed E-state index contributed by atoms with van der Waals surface area (Å²) >= 11 is 1.74. The number of hydrogen-bond donors (Lipinski definition) is 0. The molecule has 0 saturated carbocycles. The summed E-state index contributed by atoms with van der Waals surface area (Å²) in [6.07, 6.45) is 3.57. The average molecular weight is 333 g/mol. The second kappa shape index (κ2) is 7.27. The maximum Gasteiger partial charge on any atom is 0.257 e. The molecule has 3 heterocycles. The Kier molecular flexibility index (Phi) is 5.13. The van der Waals surface area contributed by atoms with Gasteiger partial charge in [-0.15, -0.1) is 11.3 Å². The molecule has 0 N–H and O–H groups in total. The maximum absolute atomic E-state index is 12.6. The van der Waals surface area contributed by atoms with Gasteiger partial charge in [-0.05, 0) is 25.8 Å². The molecule has 1 saturated heterocycles. The smallest absolute Gasteiger partial charge is 0.257 e. The van der Waals surface area contributed by atoms with Crippen LogP contribution < -0.4 is 0 Å². The molecular formula is C17H23N3O2S. The van der Waals surface area contributed by atoms with Crippen molar-refractivity contribution >= 4 is 17.2 Å². The van der Waals surface area contributed by atoms with Crippen LogP contribution in [0.3, 0.4) is 0 Å². The Balaban J connectivity index is 1.58. The van der Waals surface area contributed by atoms with Crippen LogP contribution in [0.5, 0.6) is 0 Å². The van der Waals surface area contributed by atoms with Crippen LogP contribution in [0, 0.1) is 6.92 Å². The van der Waals surface area contributed by atoms with E-state index in [1.807, 2.05) is 11.8 Å². The first-order valence-electron chi connectivity index (χ1n) is 8.16. The Bertz CT molecular complexity index is 664. The molecule has 0 atom stereocenters. The molecule has 1 aliphatic rings. The molecular weight excluding hydrogens is 310 g/mol. The lowest BCUT2D eigenvalue weighted by Gasteiger charge is -2.21. The number of thiazole rings is 1. The van der Waals surface area contributed by atoms with Gasteiger partial charge in [0.15, 0.2) is 0 Å². The Morgan fingerprint density at radius 1 is 1.35 bits per heavy atom. The van der Waals surface area contributed by atoms with Crippen molar-refractivity contribution in [3.05, 3.63) is 39.7 Å². The quantitative estimate of drug-likeness (QED) is 0.863. The van der Waals surface area contributed by atoms with Crippen molar-refractivity contribution in [2.45, 2.75) is 33.2 Å². The van der Waals surface area contributed by atoms with Gasteiger partial charge in [-0.2, -0.15) is 0 Å². The molecule has 124 valence electrons. The Morgan fingerprint density at radius 2 is 2.22 bits per heavy atom. The molecule has 1 aliphatic heterocycles. The molecule has 6 heteroatoms. The summed E-state index contributed by atoms with van der Waals surface area (Å²) in [5.74, 6) is 0.783. The molecule has 0 radical (unpaired) electrons. The van der Waals surface area contributed by atoms with Gasteiger partial charge in [0.2, 0.25) is 0 Å². The number of furan rings is 1. The SMILES string of the molecule is CCc1nc(CN2CCCN(C(=O)c3ccoc3C)CC2)cs1. The fourth-order valence-electron chi connectivity index (χ4n) is 2.92. The third-order valence-corrected chi connectivity index (χ3v) is 5.29. The zero-order valence-electron chi connectivity index (χ0n) is 13.7. The fourth-order valence-corrected chi connectivity index (χ4v) is 3.66. The fraction of sp³-hybridized carbons (Fsp3) is 0.529. The van der Waals surface area contributed by atoms with E-state index in [0.29, 0.717) is 11.3 Å². The summed E-state index contributed by atoms with van der Waals surface area (Å²) in [7, 11) is 0. The Hall–Kier alpha value is -1.66. The molecule has 0 unspecified atom stereocenters. The molecule has 3 rings (SSSR count). The van der Waals surface area contributed by atoms with E-state index >= 15 is 0 Å². The molecule has 0 spiro atoms. The molecule has 5 nitrogen and oxygen atoms in total. The number of rotatable bonds is 4. The van der Waals surface area contributed by atoms with Gasteiger partial charge in [-0.3, -0.25) is 9.69 Å². The summed E-state index contributed by atoms with van der Waals surface area (Å²) < 4.78 is 5.26. The van der Waals surface area contributed by atoms with Crippen molar-refractivity contribution in [1.29, 1.82) is 0 Å². The van der Waals surface area contributed by atoms with Crippen LogP contribution in [0.15, 0.2) is 22.1 Å². The van der Waals surface area contributed by atoms with Crippen molar-refractivity contribution in [3.63, 3.8) is 0 Å². The maximum atomic E-state index is 12.6. The lowest BCUT2D eigenvalue weighted by molar-refractivity contribution is 0.0759. The highest BCUT2D eigenvalue weighted by atomic mass is 32.1. The molecule has 23 heavy (non-hydrogen) atoms. The van der Waals surface area contributed by atoms with Crippen LogP contribution in [-0.2, 0) is 13.0 Å². The average Bonchev–Trinajstić information content (AvgIpc) is 3.11. The molecule has 0 aromatic carbocycles. The van der Waals surface area contributed by atoms with Gasteiger partial charge in [0.1, 0.15) is 5.76 Å². The second-order valence-corrected chi connectivity index (χ2v) is 6.84. The van der Waals surface area contributed by atoms with Crippen molar-refractivity contribution in [2.75, 3.05) is 26.2 Å². The Morgan fingerprint density at radius 3 is 2.91 bits per heavy atom. The summed E-state index contributed by atoms with van der Waals surface area (Å²) in [5, 5.41) is 3.35. The molecule has 2 aromatic rings. The van der Waals surface area contributed by atoms with E-state index in [0.717, 1.165) is 51.3 Å². The number of amides is 1. The highest BCUT2D eigenvalue weighted by molar-refractivity contribution is 7.09. The van der Waals surface area contributed by atoms with Crippen molar-refractivity contribution in [1.82, 2.24) is 14.8 Å². The van der Waals surface area contributed by atoms with Gasteiger partial charge in [0.05, 0.1) is 22.5 Å². The van der Waals surface area contributed by atoms with Crippen LogP contribution in [0.4, 0.5) is 0 Å². The number of aryl methyl sites for hydroxylation is 2.